The number of hydrogen-bond donors (Lipinski definition) is 2. The Morgan fingerprint density at radius 2 is 2.33 bits per heavy atom. The number of carbonyl (C=O) groups excluding carboxylic acids is 1. The summed E-state index contributed by atoms with van der Waals surface area (Å²) >= 11 is 5.22. The van der Waals surface area contributed by atoms with E-state index in [1.807, 2.05) is 16.7 Å². The minimum absolute atomic E-state index is 0.0175. The van der Waals surface area contributed by atoms with Gasteiger partial charge in [0.05, 0.1) is 0 Å². The number of carbonyl (C=O) groups is 1. The molecule has 0 spiro atoms. The van der Waals surface area contributed by atoms with Crippen molar-refractivity contribution in [1.82, 2.24) is 25.1 Å². The van der Waals surface area contributed by atoms with E-state index in [1.54, 1.807) is 12.4 Å². The molecule has 2 rings (SSSR count). The predicted octanol–water partition coefficient (Wildman–Crippen LogP) is 2.16. The smallest absolute Gasteiger partial charge is 0.221 e. The summed E-state index contributed by atoms with van der Waals surface area (Å²) in [6.45, 7) is 5.30. The van der Waals surface area contributed by atoms with E-state index in [2.05, 4.69) is 34.3 Å². The van der Waals surface area contributed by atoms with Gasteiger partial charge in [0.1, 0.15) is 0 Å². The van der Waals surface area contributed by atoms with Gasteiger partial charge in [0.15, 0.2) is 10.6 Å². The number of nitrogens with one attached hydrogen (secondary N) is 2. The van der Waals surface area contributed by atoms with Crippen LogP contribution in [0.3, 0.4) is 0 Å². The highest BCUT2D eigenvalue weighted by Crippen LogP contribution is 2.15. The first-order chi connectivity index (χ1) is 10.1. The largest absolute Gasteiger partial charge is 0.356 e. The number of rotatable bonds is 6. The lowest BCUT2D eigenvalue weighted by atomic mass is 10.2. The molecule has 2 heterocycles. The Bertz CT molecular complexity index is 647. The number of amides is 1. The van der Waals surface area contributed by atoms with Gasteiger partial charge in [0.2, 0.25) is 5.91 Å². The summed E-state index contributed by atoms with van der Waals surface area (Å²) in [5.41, 5.74) is 0.868. The molecule has 2 aromatic heterocycles. The second-order valence-corrected chi connectivity index (χ2v) is 5.58. The molecule has 21 heavy (non-hydrogen) atoms. The monoisotopic (exact) mass is 305 g/mol. The maximum Gasteiger partial charge on any atom is 0.221 e. The van der Waals surface area contributed by atoms with Crippen molar-refractivity contribution in [1.29, 1.82) is 0 Å². The van der Waals surface area contributed by atoms with Crippen LogP contribution in [-0.4, -0.2) is 32.2 Å². The summed E-state index contributed by atoms with van der Waals surface area (Å²) < 4.78 is 2.33. The van der Waals surface area contributed by atoms with Crippen molar-refractivity contribution in [2.45, 2.75) is 26.8 Å². The molecule has 112 valence electrons. The lowest BCUT2D eigenvalue weighted by Gasteiger charge is -2.09. The lowest BCUT2D eigenvalue weighted by molar-refractivity contribution is -0.121. The van der Waals surface area contributed by atoms with Crippen LogP contribution in [0, 0.1) is 10.7 Å². The SMILES string of the molecule is CC(C)CNC(=O)CCn1c(-c2cccnc2)n[nH]c1=S. The quantitative estimate of drug-likeness (QED) is 0.802. The van der Waals surface area contributed by atoms with E-state index in [-0.39, 0.29) is 5.91 Å². The fraction of sp³-hybridized carbons (Fsp3) is 0.429. The summed E-state index contributed by atoms with van der Waals surface area (Å²) in [6, 6.07) is 3.75. The van der Waals surface area contributed by atoms with Gasteiger partial charge in [-0.15, -0.1) is 0 Å². The minimum Gasteiger partial charge on any atom is -0.356 e. The van der Waals surface area contributed by atoms with Crippen molar-refractivity contribution in [3.05, 3.63) is 29.3 Å². The van der Waals surface area contributed by atoms with Gasteiger partial charge in [-0.3, -0.25) is 19.4 Å². The highest BCUT2D eigenvalue weighted by Gasteiger charge is 2.10. The summed E-state index contributed by atoms with van der Waals surface area (Å²) in [7, 11) is 0. The van der Waals surface area contributed by atoms with Crippen LogP contribution in [0.25, 0.3) is 11.4 Å². The predicted molar refractivity (Wildman–Crippen MR) is 83.1 cm³/mol. The first-order valence-corrected chi connectivity index (χ1v) is 7.31. The Labute approximate surface area is 128 Å². The van der Waals surface area contributed by atoms with Crippen LogP contribution in [0.15, 0.2) is 24.5 Å². The van der Waals surface area contributed by atoms with Crippen molar-refractivity contribution < 1.29 is 4.79 Å². The molecule has 2 N–H and O–H groups in total. The topological polar surface area (TPSA) is 75.6 Å². The molecule has 0 atom stereocenters. The fourth-order valence-electron chi connectivity index (χ4n) is 1.86. The zero-order valence-corrected chi connectivity index (χ0v) is 13.0. The van der Waals surface area contributed by atoms with Crippen LogP contribution in [0.1, 0.15) is 20.3 Å². The summed E-state index contributed by atoms with van der Waals surface area (Å²) in [6.07, 6.45) is 3.79. The van der Waals surface area contributed by atoms with Gasteiger partial charge >= 0.3 is 0 Å². The molecular weight excluding hydrogens is 286 g/mol. The van der Waals surface area contributed by atoms with Crippen LogP contribution in [0.4, 0.5) is 0 Å². The van der Waals surface area contributed by atoms with Gasteiger partial charge in [0, 0.05) is 37.5 Å². The molecule has 0 fully saturated rings. The Balaban J connectivity index is 2.06. The second kappa shape index (κ2) is 7.12. The Morgan fingerprint density at radius 1 is 1.52 bits per heavy atom. The number of pyridine rings is 1. The first kappa shape index (κ1) is 15.4. The summed E-state index contributed by atoms with van der Waals surface area (Å²) in [5.74, 6) is 1.16. The molecule has 0 saturated heterocycles. The average Bonchev–Trinajstić information content (AvgIpc) is 2.85. The molecule has 0 bridgehead atoms. The molecule has 6 nitrogen and oxygen atoms in total. The maximum absolute atomic E-state index is 11.8. The van der Waals surface area contributed by atoms with Gasteiger partial charge in [-0.05, 0) is 30.3 Å². The Hall–Kier alpha value is -2.02. The fourth-order valence-corrected chi connectivity index (χ4v) is 2.08. The van der Waals surface area contributed by atoms with Crippen molar-refractivity contribution in [3.8, 4) is 11.4 Å². The van der Waals surface area contributed by atoms with Gasteiger partial charge in [-0.25, -0.2) is 0 Å². The average molecular weight is 305 g/mol. The van der Waals surface area contributed by atoms with Crippen LogP contribution in [0.5, 0.6) is 0 Å². The van der Waals surface area contributed by atoms with Crippen molar-refractivity contribution >= 4 is 18.1 Å². The van der Waals surface area contributed by atoms with Crippen LogP contribution < -0.4 is 5.32 Å². The minimum atomic E-state index is 0.0175. The molecule has 0 saturated carbocycles. The highest BCUT2D eigenvalue weighted by molar-refractivity contribution is 7.71. The van der Waals surface area contributed by atoms with E-state index in [0.717, 1.165) is 5.56 Å². The number of aromatic amines is 1. The number of hydrogen-bond acceptors (Lipinski definition) is 4. The van der Waals surface area contributed by atoms with E-state index in [9.17, 15) is 4.79 Å². The van der Waals surface area contributed by atoms with Crippen LogP contribution >= 0.6 is 12.2 Å². The van der Waals surface area contributed by atoms with Crippen molar-refractivity contribution in [2.75, 3.05) is 6.54 Å². The normalized spacial score (nSPS) is 10.8. The molecule has 0 radical (unpaired) electrons. The third-order valence-electron chi connectivity index (χ3n) is 2.95. The third-order valence-corrected chi connectivity index (χ3v) is 3.26. The summed E-state index contributed by atoms with van der Waals surface area (Å²) in [4.78, 5) is 15.9. The van der Waals surface area contributed by atoms with Gasteiger partial charge in [-0.1, -0.05) is 13.8 Å². The standard InChI is InChI=1S/C14H19N5OS/c1-10(2)8-16-12(20)5-7-19-13(17-18-14(19)21)11-4-3-6-15-9-11/h3-4,6,9-10H,5,7-8H2,1-2H3,(H,16,20)(H,18,21). The Kier molecular flexibility index (Phi) is 5.21. The molecule has 0 aliphatic rings. The summed E-state index contributed by atoms with van der Waals surface area (Å²) in [5, 5.41) is 9.87. The molecule has 0 aromatic carbocycles. The lowest BCUT2D eigenvalue weighted by Crippen LogP contribution is -2.28. The maximum atomic E-state index is 11.8. The van der Waals surface area contributed by atoms with E-state index in [0.29, 0.717) is 36.0 Å². The molecule has 0 aliphatic carbocycles. The van der Waals surface area contributed by atoms with Gasteiger partial charge in [-0.2, -0.15) is 5.10 Å². The van der Waals surface area contributed by atoms with E-state index in [4.69, 9.17) is 12.2 Å². The third kappa shape index (κ3) is 4.22. The number of aromatic nitrogens is 4. The van der Waals surface area contributed by atoms with E-state index in [1.165, 1.54) is 0 Å². The molecular formula is C14H19N5OS. The van der Waals surface area contributed by atoms with Crippen molar-refractivity contribution in [2.24, 2.45) is 5.92 Å². The number of nitrogens with zero attached hydrogens (tertiary/aromatic N) is 3. The van der Waals surface area contributed by atoms with Crippen molar-refractivity contribution in [3.63, 3.8) is 0 Å². The van der Waals surface area contributed by atoms with Gasteiger partial charge in [0.25, 0.3) is 0 Å². The van der Waals surface area contributed by atoms with E-state index >= 15 is 0 Å². The second-order valence-electron chi connectivity index (χ2n) is 5.19. The Morgan fingerprint density at radius 3 is 3.00 bits per heavy atom. The van der Waals surface area contributed by atoms with Crippen LogP contribution in [0.2, 0.25) is 0 Å². The van der Waals surface area contributed by atoms with Crippen LogP contribution in [-0.2, 0) is 11.3 Å². The van der Waals surface area contributed by atoms with Gasteiger partial charge < -0.3 is 5.32 Å². The zero-order valence-electron chi connectivity index (χ0n) is 12.2. The molecule has 7 heteroatoms. The zero-order chi connectivity index (χ0) is 15.2. The first-order valence-electron chi connectivity index (χ1n) is 6.90. The molecule has 0 unspecified atom stereocenters. The van der Waals surface area contributed by atoms with E-state index < -0.39 is 0 Å². The molecule has 0 aliphatic heterocycles. The highest BCUT2D eigenvalue weighted by atomic mass is 32.1. The number of H-pyrrole nitrogens is 1. The molecule has 1 amide bonds. The molecule has 2 aromatic rings.